The third-order valence-electron chi connectivity index (χ3n) is 6.26. The van der Waals surface area contributed by atoms with Gasteiger partial charge in [-0.05, 0) is 39.9 Å². The van der Waals surface area contributed by atoms with Gasteiger partial charge < -0.3 is 9.47 Å². The van der Waals surface area contributed by atoms with Crippen molar-refractivity contribution in [3.8, 4) is 16.9 Å². The van der Waals surface area contributed by atoms with Crippen LogP contribution in [0.2, 0.25) is 0 Å². The normalized spacial score (nSPS) is 12.5. The van der Waals surface area contributed by atoms with E-state index >= 15 is 0 Å². The van der Waals surface area contributed by atoms with E-state index in [1.807, 2.05) is 42.5 Å². The standard InChI is InChI=1S/C29H23N3O6/c33-28(37-18-26-24-12-6-4-10-22(24)23-11-5-7-13-25(23)26)30-27(19-8-2-1-3-9-19)31-29(34)38-21-16-14-20(15-17-21)32(35)36/h1-17,26-27H,18H2,(H,30,33)(H,31,34)/t27-/m0/s1. The number of hydrogen-bond donors (Lipinski definition) is 2. The highest BCUT2D eigenvalue weighted by atomic mass is 16.6. The number of non-ortho nitro benzene ring substituents is 1. The summed E-state index contributed by atoms with van der Waals surface area (Å²) in [5.74, 6) is 0.00411. The number of benzene rings is 4. The highest BCUT2D eigenvalue weighted by Crippen LogP contribution is 2.44. The largest absolute Gasteiger partial charge is 0.449 e. The van der Waals surface area contributed by atoms with Crippen molar-refractivity contribution in [2.45, 2.75) is 12.1 Å². The summed E-state index contributed by atoms with van der Waals surface area (Å²) in [6.07, 6.45) is -2.51. The van der Waals surface area contributed by atoms with Crippen LogP contribution in [0.4, 0.5) is 15.3 Å². The summed E-state index contributed by atoms with van der Waals surface area (Å²) in [4.78, 5) is 35.7. The number of amides is 2. The molecule has 0 fully saturated rings. The zero-order valence-corrected chi connectivity index (χ0v) is 20.1. The van der Waals surface area contributed by atoms with Crippen molar-refractivity contribution in [1.29, 1.82) is 0 Å². The number of fused-ring (bicyclic) bond motifs is 3. The van der Waals surface area contributed by atoms with Gasteiger partial charge in [-0.25, -0.2) is 9.59 Å². The molecular formula is C29H23N3O6. The van der Waals surface area contributed by atoms with Crippen LogP contribution in [0.5, 0.6) is 5.75 Å². The van der Waals surface area contributed by atoms with Crippen molar-refractivity contribution in [1.82, 2.24) is 10.6 Å². The van der Waals surface area contributed by atoms with Crippen molar-refractivity contribution in [3.63, 3.8) is 0 Å². The lowest BCUT2D eigenvalue weighted by molar-refractivity contribution is -0.384. The number of nitrogens with zero attached hydrogens (tertiary/aromatic N) is 1. The number of nitro groups is 1. The Morgan fingerprint density at radius 1 is 0.763 bits per heavy atom. The predicted molar refractivity (Wildman–Crippen MR) is 140 cm³/mol. The van der Waals surface area contributed by atoms with Crippen molar-refractivity contribution < 1.29 is 24.0 Å². The molecule has 2 amide bonds. The van der Waals surface area contributed by atoms with E-state index in [0.717, 1.165) is 22.3 Å². The Morgan fingerprint density at radius 3 is 1.92 bits per heavy atom. The van der Waals surface area contributed by atoms with Gasteiger partial charge in [0, 0.05) is 18.1 Å². The van der Waals surface area contributed by atoms with E-state index in [0.29, 0.717) is 5.56 Å². The van der Waals surface area contributed by atoms with Gasteiger partial charge in [-0.15, -0.1) is 0 Å². The van der Waals surface area contributed by atoms with Gasteiger partial charge in [0.2, 0.25) is 0 Å². The summed E-state index contributed by atoms with van der Waals surface area (Å²) in [5, 5.41) is 16.1. The first-order valence-corrected chi connectivity index (χ1v) is 11.9. The molecule has 0 bridgehead atoms. The first kappa shape index (κ1) is 24.5. The van der Waals surface area contributed by atoms with Crippen LogP contribution in [0.1, 0.15) is 28.8 Å². The van der Waals surface area contributed by atoms with Crippen LogP contribution in [-0.4, -0.2) is 23.7 Å². The maximum atomic E-state index is 12.9. The average molecular weight is 510 g/mol. The smallest absolute Gasteiger partial charge is 0.414 e. The van der Waals surface area contributed by atoms with E-state index in [4.69, 9.17) is 9.47 Å². The lowest BCUT2D eigenvalue weighted by atomic mass is 9.98. The van der Waals surface area contributed by atoms with Crippen molar-refractivity contribution in [2.75, 3.05) is 6.61 Å². The lowest BCUT2D eigenvalue weighted by Gasteiger charge is -2.21. The summed E-state index contributed by atoms with van der Waals surface area (Å²) in [6.45, 7) is 0.120. The molecule has 2 N–H and O–H groups in total. The third kappa shape index (κ3) is 5.31. The van der Waals surface area contributed by atoms with Crippen molar-refractivity contribution in [2.24, 2.45) is 0 Å². The summed E-state index contributed by atoms with van der Waals surface area (Å²) in [5.41, 5.74) is 4.89. The minimum absolute atomic E-state index is 0.108. The Bertz CT molecular complexity index is 1430. The fourth-order valence-corrected chi connectivity index (χ4v) is 4.50. The average Bonchev–Trinajstić information content (AvgIpc) is 3.26. The first-order chi connectivity index (χ1) is 18.5. The first-order valence-electron chi connectivity index (χ1n) is 11.9. The Kier molecular flexibility index (Phi) is 6.99. The van der Waals surface area contributed by atoms with Gasteiger partial charge in [0.05, 0.1) is 4.92 Å². The number of hydrogen-bond acceptors (Lipinski definition) is 6. The van der Waals surface area contributed by atoms with Crippen LogP contribution in [0.25, 0.3) is 11.1 Å². The number of nitrogens with one attached hydrogen (secondary N) is 2. The molecular weight excluding hydrogens is 486 g/mol. The molecule has 190 valence electrons. The second kappa shape index (κ2) is 10.8. The minimum atomic E-state index is -0.947. The Balaban J connectivity index is 1.25. The molecule has 0 aromatic heterocycles. The predicted octanol–water partition coefficient (Wildman–Crippen LogP) is 5.92. The third-order valence-corrected chi connectivity index (χ3v) is 6.26. The van der Waals surface area contributed by atoms with Gasteiger partial charge in [-0.2, -0.15) is 0 Å². The van der Waals surface area contributed by atoms with Gasteiger partial charge in [0.15, 0.2) is 0 Å². The van der Waals surface area contributed by atoms with Crippen LogP contribution in [0.3, 0.4) is 0 Å². The Hall–Kier alpha value is -5.18. The van der Waals surface area contributed by atoms with Gasteiger partial charge >= 0.3 is 12.2 Å². The van der Waals surface area contributed by atoms with E-state index in [1.165, 1.54) is 24.3 Å². The minimum Gasteiger partial charge on any atom is -0.449 e. The summed E-state index contributed by atoms with van der Waals surface area (Å²) in [6, 6.07) is 30.0. The fraction of sp³-hybridized carbons (Fsp3) is 0.103. The van der Waals surface area contributed by atoms with Gasteiger partial charge in [0.1, 0.15) is 18.5 Å². The number of carbonyl (C=O) groups is 2. The molecule has 0 saturated carbocycles. The zero-order chi connectivity index (χ0) is 26.5. The molecule has 0 heterocycles. The maximum Gasteiger partial charge on any atom is 0.414 e. The summed E-state index contributed by atoms with van der Waals surface area (Å²) < 4.78 is 10.9. The monoisotopic (exact) mass is 509 g/mol. The molecule has 1 atom stereocenters. The highest BCUT2D eigenvalue weighted by Gasteiger charge is 2.29. The van der Waals surface area contributed by atoms with Crippen LogP contribution in [-0.2, 0) is 4.74 Å². The molecule has 4 aromatic carbocycles. The molecule has 38 heavy (non-hydrogen) atoms. The Labute approximate surface area is 218 Å². The lowest BCUT2D eigenvalue weighted by Crippen LogP contribution is -2.42. The van der Waals surface area contributed by atoms with Gasteiger partial charge in [0.25, 0.3) is 5.69 Å². The van der Waals surface area contributed by atoms with E-state index in [2.05, 4.69) is 22.8 Å². The quantitative estimate of drug-likeness (QED) is 0.181. The van der Waals surface area contributed by atoms with Crippen molar-refractivity contribution >= 4 is 17.9 Å². The van der Waals surface area contributed by atoms with Gasteiger partial charge in [-0.3, -0.25) is 20.7 Å². The van der Waals surface area contributed by atoms with E-state index in [9.17, 15) is 19.7 Å². The second-order valence-electron chi connectivity index (χ2n) is 8.60. The van der Waals surface area contributed by atoms with Crippen molar-refractivity contribution in [3.05, 3.63) is 130 Å². The van der Waals surface area contributed by atoms with E-state index < -0.39 is 23.3 Å². The summed E-state index contributed by atoms with van der Waals surface area (Å²) in [7, 11) is 0. The molecule has 0 saturated heterocycles. The maximum absolute atomic E-state index is 12.9. The Morgan fingerprint density at radius 2 is 1.32 bits per heavy atom. The topological polar surface area (TPSA) is 120 Å². The van der Waals surface area contributed by atoms with E-state index in [-0.39, 0.29) is 24.0 Å². The molecule has 0 spiro atoms. The number of ether oxygens (including phenoxy) is 2. The molecule has 9 heteroatoms. The molecule has 1 aliphatic carbocycles. The number of rotatable bonds is 7. The molecule has 0 aliphatic heterocycles. The second-order valence-corrected chi connectivity index (χ2v) is 8.60. The van der Waals surface area contributed by atoms with Crippen LogP contribution >= 0.6 is 0 Å². The molecule has 1 aliphatic rings. The molecule has 9 nitrogen and oxygen atoms in total. The fourth-order valence-electron chi connectivity index (χ4n) is 4.50. The van der Waals surface area contributed by atoms with Crippen LogP contribution < -0.4 is 15.4 Å². The number of carbonyl (C=O) groups excluding carboxylic acids is 2. The zero-order valence-electron chi connectivity index (χ0n) is 20.1. The summed E-state index contributed by atoms with van der Waals surface area (Å²) >= 11 is 0. The molecule has 0 unspecified atom stereocenters. The van der Waals surface area contributed by atoms with Crippen LogP contribution in [0, 0.1) is 10.1 Å². The van der Waals surface area contributed by atoms with Gasteiger partial charge in [-0.1, -0.05) is 78.9 Å². The van der Waals surface area contributed by atoms with Crippen LogP contribution in [0.15, 0.2) is 103 Å². The number of alkyl carbamates (subject to hydrolysis) is 1. The van der Waals surface area contributed by atoms with E-state index in [1.54, 1.807) is 24.3 Å². The SMILES string of the molecule is O=C(N[C@@H](NC(=O)Oc1ccc([N+](=O)[O-])cc1)c1ccccc1)OCC1c2ccccc2-c2ccccc21. The highest BCUT2D eigenvalue weighted by molar-refractivity contribution is 5.79. The molecule has 4 aromatic rings. The molecule has 0 radical (unpaired) electrons. The molecule has 5 rings (SSSR count). The number of nitro benzene ring substituents is 1.